The van der Waals surface area contributed by atoms with Crippen molar-refractivity contribution >= 4 is 34.5 Å². The number of thiophene rings is 1. The Hall–Kier alpha value is -2.05. The SMILES string of the molecule is Cc1ccc(C)c(NC(=O)c2snnc2-c2cccs2)c1. The number of anilines is 1. The molecule has 0 saturated carbocycles. The van der Waals surface area contributed by atoms with Crippen LogP contribution in [-0.4, -0.2) is 15.5 Å². The molecule has 0 saturated heterocycles. The molecule has 0 bridgehead atoms. The van der Waals surface area contributed by atoms with E-state index in [-0.39, 0.29) is 5.91 Å². The lowest BCUT2D eigenvalue weighted by Gasteiger charge is -2.08. The molecule has 2 heterocycles. The Morgan fingerprint density at radius 1 is 1.24 bits per heavy atom. The maximum Gasteiger partial charge on any atom is 0.269 e. The highest BCUT2D eigenvalue weighted by atomic mass is 32.1. The highest BCUT2D eigenvalue weighted by Crippen LogP contribution is 2.29. The molecule has 1 amide bonds. The summed E-state index contributed by atoms with van der Waals surface area (Å²) in [6.07, 6.45) is 0. The first-order valence-electron chi connectivity index (χ1n) is 6.40. The van der Waals surface area contributed by atoms with E-state index in [0.29, 0.717) is 10.6 Å². The third-order valence-corrected chi connectivity index (χ3v) is 4.69. The fourth-order valence-electron chi connectivity index (χ4n) is 1.96. The topological polar surface area (TPSA) is 54.9 Å². The van der Waals surface area contributed by atoms with Crippen molar-refractivity contribution in [2.45, 2.75) is 13.8 Å². The summed E-state index contributed by atoms with van der Waals surface area (Å²) < 4.78 is 3.92. The first-order chi connectivity index (χ1) is 10.1. The molecule has 0 radical (unpaired) electrons. The molecule has 0 aliphatic carbocycles. The number of amides is 1. The number of aromatic nitrogens is 2. The fraction of sp³-hybridized carbons (Fsp3) is 0.133. The molecular formula is C15H13N3OS2. The quantitative estimate of drug-likeness (QED) is 0.790. The Balaban J connectivity index is 1.90. The van der Waals surface area contributed by atoms with Gasteiger partial charge in [-0.3, -0.25) is 4.79 Å². The van der Waals surface area contributed by atoms with E-state index in [2.05, 4.69) is 14.9 Å². The van der Waals surface area contributed by atoms with Gasteiger partial charge in [-0.15, -0.1) is 16.4 Å². The van der Waals surface area contributed by atoms with Crippen LogP contribution in [0.4, 0.5) is 5.69 Å². The van der Waals surface area contributed by atoms with Crippen LogP contribution in [0.15, 0.2) is 35.7 Å². The number of hydrogen-bond donors (Lipinski definition) is 1. The third kappa shape index (κ3) is 2.86. The van der Waals surface area contributed by atoms with Gasteiger partial charge in [0.1, 0.15) is 10.6 Å². The zero-order valence-corrected chi connectivity index (χ0v) is 13.2. The number of benzene rings is 1. The van der Waals surface area contributed by atoms with Gasteiger partial charge in [-0.2, -0.15) is 0 Å². The second-order valence-electron chi connectivity index (χ2n) is 4.70. The van der Waals surface area contributed by atoms with Crippen molar-refractivity contribution in [2.75, 3.05) is 5.32 Å². The van der Waals surface area contributed by atoms with Crippen LogP contribution in [0.2, 0.25) is 0 Å². The molecule has 0 unspecified atom stereocenters. The fourth-order valence-corrected chi connectivity index (χ4v) is 3.32. The molecule has 21 heavy (non-hydrogen) atoms. The number of nitrogens with one attached hydrogen (secondary N) is 1. The summed E-state index contributed by atoms with van der Waals surface area (Å²) >= 11 is 2.67. The number of aryl methyl sites for hydroxylation is 2. The van der Waals surface area contributed by atoms with Crippen molar-refractivity contribution < 1.29 is 4.79 Å². The average Bonchev–Trinajstić information content (AvgIpc) is 3.12. The van der Waals surface area contributed by atoms with E-state index in [1.165, 1.54) is 0 Å². The van der Waals surface area contributed by atoms with Crippen LogP contribution in [0.1, 0.15) is 20.8 Å². The van der Waals surface area contributed by atoms with Gasteiger partial charge < -0.3 is 5.32 Å². The van der Waals surface area contributed by atoms with Crippen molar-refractivity contribution in [2.24, 2.45) is 0 Å². The third-order valence-electron chi connectivity index (χ3n) is 3.09. The van der Waals surface area contributed by atoms with E-state index in [9.17, 15) is 4.79 Å². The van der Waals surface area contributed by atoms with Gasteiger partial charge in [-0.1, -0.05) is 22.7 Å². The Morgan fingerprint density at radius 3 is 2.86 bits per heavy atom. The maximum absolute atomic E-state index is 12.5. The summed E-state index contributed by atoms with van der Waals surface area (Å²) in [7, 11) is 0. The van der Waals surface area contributed by atoms with E-state index in [1.54, 1.807) is 11.3 Å². The Morgan fingerprint density at radius 2 is 2.10 bits per heavy atom. The summed E-state index contributed by atoms with van der Waals surface area (Å²) in [5.74, 6) is -0.165. The minimum Gasteiger partial charge on any atom is -0.321 e. The van der Waals surface area contributed by atoms with Crippen LogP contribution in [0.3, 0.4) is 0 Å². The molecule has 0 spiro atoms. The Kier molecular flexibility index (Phi) is 3.81. The maximum atomic E-state index is 12.5. The second kappa shape index (κ2) is 5.75. The van der Waals surface area contributed by atoms with Crippen molar-refractivity contribution in [1.82, 2.24) is 9.59 Å². The normalized spacial score (nSPS) is 10.6. The minimum atomic E-state index is -0.165. The van der Waals surface area contributed by atoms with E-state index >= 15 is 0 Å². The summed E-state index contributed by atoms with van der Waals surface area (Å²) in [4.78, 5) is 14.0. The molecule has 0 aliphatic rings. The van der Waals surface area contributed by atoms with Crippen molar-refractivity contribution in [3.05, 3.63) is 51.7 Å². The molecule has 6 heteroatoms. The van der Waals surface area contributed by atoms with Crippen LogP contribution in [0.25, 0.3) is 10.6 Å². The molecule has 4 nitrogen and oxygen atoms in total. The highest BCUT2D eigenvalue weighted by molar-refractivity contribution is 7.14. The standard InChI is InChI=1S/C15H13N3OS2/c1-9-5-6-10(2)11(8-9)16-15(19)14-13(17-18-21-14)12-4-3-7-20-12/h3-8H,1-2H3,(H,16,19). The largest absolute Gasteiger partial charge is 0.321 e. The van der Waals surface area contributed by atoms with Gasteiger partial charge in [-0.25, -0.2) is 0 Å². The summed E-state index contributed by atoms with van der Waals surface area (Å²) in [6.45, 7) is 3.97. The molecule has 0 fully saturated rings. The number of nitrogens with zero attached hydrogens (tertiary/aromatic N) is 2. The summed E-state index contributed by atoms with van der Waals surface area (Å²) in [6, 6.07) is 9.86. The van der Waals surface area contributed by atoms with E-state index in [1.807, 2.05) is 49.6 Å². The van der Waals surface area contributed by atoms with Crippen molar-refractivity contribution in [3.8, 4) is 10.6 Å². The van der Waals surface area contributed by atoms with Crippen molar-refractivity contribution in [1.29, 1.82) is 0 Å². The monoisotopic (exact) mass is 315 g/mol. The zero-order valence-electron chi connectivity index (χ0n) is 11.6. The van der Waals surface area contributed by atoms with Crippen LogP contribution in [-0.2, 0) is 0 Å². The van der Waals surface area contributed by atoms with Crippen molar-refractivity contribution in [3.63, 3.8) is 0 Å². The van der Waals surface area contributed by atoms with E-state index in [0.717, 1.165) is 33.2 Å². The van der Waals surface area contributed by atoms with Crippen LogP contribution in [0, 0.1) is 13.8 Å². The lowest BCUT2D eigenvalue weighted by molar-refractivity contribution is 0.103. The zero-order chi connectivity index (χ0) is 14.8. The Labute approximate surface area is 130 Å². The molecule has 1 aromatic carbocycles. The van der Waals surface area contributed by atoms with E-state index in [4.69, 9.17) is 0 Å². The lowest BCUT2D eigenvalue weighted by Crippen LogP contribution is -2.12. The Bertz CT molecular complexity index is 778. The molecule has 0 aliphatic heterocycles. The van der Waals surface area contributed by atoms with Gasteiger partial charge in [0.15, 0.2) is 0 Å². The molecule has 3 rings (SSSR count). The van der Waals surface area contributed by atoms with Gasteiger partial charge in [0.05, 0.1) is 4.88 Å². The number of carbonyl (C=O) groups excluding carboxylic acids is 1. The highest BCUT2D eigenvalue weighted by Gasteiger charge is 2.19. The lowest BCUT2D eigenvalue weighted by atomic mass is 10.1. The molecular weight excluding hydrogens is 302 g/mol. The number of rotatable bonds is 3. The van der Waals surface area contributed by atoms with Gasteiger partial charge in [0.2, 0.25) is 0 Å². The van der Waals surface area contributed by atoms with E-state index < -0.39 is 0 Å². The molecule has 1 N–H and O–H groups in total. The smallest absolute Gasteiger partial charge is 0.269 e. The number of carbonyl (C=O) groups is 1. The summed E-state index contributed by atoms with van der Waals surface area (Å²) in [5.41, 5.74) is 3.62. The number of hydrogen-bond acceptors (Lipinski definition) is 5. The molecule has 106 valence electrons. The van der Waals surface area contributed by atoms with Gasteiger partial charge >= 0.3 is 0 Å². The first kappa shape index (κ1) is 13.9. The minimum absolute atomic E-state index is 0.165. The predicted octanol–water partition coefficient (Wildman–Crippen LogP) is 4.14. The van der Waals surface area contributed by atoms with Crippen LogP contribution in [0.5, 0.6) is 0 Å². The average molecular weight is 315 g/mol. The molecule has 3 aromatic rings. The van der Waals surface area contributed by atoms with Gasteiger partial charge in [0, 0.05) is 5.69 Å². The summed E-state index contributed by atoms with van der Waals surface area (Å²) in [5, 5.41) is 8.99. The van der Waals surface area contributed by atoms with Gasteiger partial charge in [0.25, 0.3) is 5.91 Å². The molecule has 2 aromatic heterocycles. The first-order valence-corrected chi connectivity index (χ1v) is 8.05. The second-order valence-corrected chi connectivity index (χ2v) is 6.40. The van der Waals surface area contributed by atoms with Crippen LogP contribution >= 0.6 is 22.9 Å². The van der Waals surface area contributed by atoms with Gasteiger partial charge in [-0.05, 0) is 54.0 Å². The molecule has 0 atom stereocenters. The van der Waals surface area contributed by atoms with Crippen LogP contribution < -0.4 is 5.32 Å². The predicted molar refractivity (Wildman–Crippen MR) is 87.1 cm³/mol.